The molecule has 0 bridgehead atoms. The third-order valence-corrected chi connectivity index (χ3v) is 2.78. The van der Waals surface area contributed by atoms with Crippen LogP contribution in [0.4, 0.5) is 5.69 Å². The molecular formula is C11H13NO2. The number of phenolic OH excluding ortho intramolecular Hbond substituents is 1. The first-order valence-corrected chi connectivity index (χ1v) is 4.75. The summed E-state index contributed by atoms with van der Waals surface area (Å²) in [5.74, 6) is 0.264. The molecule has 1 aromatic rings. The number of aromatic hydroxyl groups is 1. The first kappa shape index (κ1) is 9.06. The van der Waals surface area contributed by atoms with E-state index in [1.54, 1.807) is 30.1 Å². The average Bonchev–Trinajstić information content (AvgIpc) is 2.39. The summed E-state index contributed by atoms with van der Waals surface area (Å²) in [5.41, 5.74) is 1.86. The highest BCUT2D eigenvalue weighted by Gasteiger charge is 2.33. The van der Waals surface area contributed by atoms with E-state index in [1.165, 1.54) is 0 Å². The third-order valence-electron chi connectivity index (χ3n) is 2.78. The number of likely N-dealkylation sites (N-methyl/N-ethyl adjacent to an activating group) is 1. The average molecular weight is 191 g/mol. The van der Waals surface area contributed by atoms with Gasteiger partial charge in [-0.3, -0.25) is 4.79 Å². The number of hydrogen-bond donors (Lipinski definition) is 1. The molecule has 14 heavy (non-hydrogen) atoms. The maximum Gasteiger partial charge on any atom is 0.234 e. The zero-order chi connectivity index (χ0) is 10.3. The molecule has 0 aromatic heterocycles. The molecule has 1 aliphatic rings. The van der Waals surface area contributed by atoms with E-state index >= 15 is 0 Å². The molecule has 0 saturated heterocycles. The largest absolute Gasteiger partial charge is 0.508 e. The number of benzene rings is 1. The minimum Gasteiger partial charge on any atom is -0.508 e. The van der Waals surface area contributed by atoms with E-state index in [0.29, 0.717) is 0 Å². The van der Waals surface area contributed by atoms with Crippen LogP contribution in [0.3, 0.4) is 0 Å². The van der Waals surface area contributed by atoms with Crippen LogP contribution in [0, 0.1) is 0 Å². The molecule has 0 saturated carbocycles. The highest BCUT2D eigenvalue weighted by Crippen LogP contribution is 2.39. The van der Waals surface area contributed by atoms with Crippen molar-refractivity contribution in [3.05, 3.63) is 23.8 Å². The van der Waals surface area contributed by atoms with Gasteiger partial charge in [0.2, 0.25) is 5.91 Å². The monoisotopic (exact) mass is 191 g/mol. The normalized spacial score (nSPS) is 20.0. The second kappa shape index (κ2) is 3.01. The lowest BCUT2D eigenvalue weighted by molar-refractivity contribution is -0.119. The van der Waals surface area contributed by atoms with E-state index in [0.717, 1.165) is 17.7 Å². The van der Waals surface area contributed by atoms with Gasteiger partial charge in [0.1, 0.15) is 5.75 Å². The Labute approximate surface area is 83.0 Å². The molecule has 1 atom stereocenters. The smallest absolute Gasteiger partial charge is 0.234 e. The van der Waals surface area contributed by atoms with Gasteiger partial charge in [0.15, 0.2) is 0 Å². The summed E-state index contributed by atoms with van der Waals surface area (Å²) in [6, 6.07) is 5.09. The van der Waals surface area contributed by atoms with Crippen molar-refractivity contribution in [2.45, 2.75) is 19.3 Å². The maximum atomic E-state index is 11.7. The fraction of sp³-hybridized carbons (Fsp3) is 0.364. The molecule has 1 heterocycles. The van der Waals surface area contributed by atoms with Crippen molar-refractivity contribution >= 4 is 11.6 Å². The Hall–Kier alpha value is -1.51. The molecule has 1 amide bonds. The number of fused-ring (bicyclic) bond motifs is 1. The highest BCUT2D eigenvalue weighted by molar-refractivity contribution is 6.04. The van der Waals surface area contributed by atoms with Crippen LogP contribution in [0.15, 0.2) is 18.2 Å². The van der Waals surface area contributed by atoms with Gasteiger partial charge >= 0.3 is 0 Å². The molecule has 1 aliphatic heterocycles. The van der Waals surface area contributed by atoms with Crippen LogP contribution in [0.1, 0.15) is 24.8 Å². The fourth-order valence-corrected chi connectivity index (χ4v) is 2.01. The fourth-order valence-electron chi connectivity index (χ4n) is 2.01. The summed E-state index contributed by atoms with van der Waals surface area (Å²) in [6.07, 6.45) is 0.777. The summed E-state index contributed by atoms with van der Waals surface area (Å²) >= 11 is 0. The highest BCUT2D eigenvalue weighted by atomic mass is 16.3. The van der Waals surface area contributed by atoms with E-state index in [1.807, 2.05) is 6.92 Å². The van der Waals surface area contributed by atoms with Gasteiger partial charge in [0.05, 0.1) is 5.92 Å². The minimum absolute atomic E-state index is 0.0814. The zero-order valence-corrected chi connectivity index (χ0v) is 8.32. The van der Waals surface area contributed by atoms with Crippen LogP contribution in [0.5, 0.6) is 5.75 Å². The van der Waals surface area contributed by atoms with Crippen LogP contribution in [-0.4, -0.2) is 18.1 Å². The van der Waals surface area contributed by atoms with Gasteiger partial charge in [0, 0.05) is 12.7 Å². The predicted octanol–water partition coefficient (Wildman–Crippen LogP) is 1.86. The van der Waals surface area contributed by atoms with Crippen LogP contribution < -0.4 is 4.90 Å². The summed E-state index contributed by atoms with van der Waals surface area (Å²) in [4.78, 5) is 13.4. The minimum atomic E-state index is -0.0814. The standard InChI is InChI=1S/C11H13NO2/c1-3-8-9-6-7(13)4-5-10(9)12(2)11(8)14/h4-6,8,13H,3H2,1-2H3/t8-/m0/s1. The molecule has 2 rings (SSSR count). The van der Waals surface area contributed by atoms with Crippen LogP contribution >= 0.6 is 0 Å². The second-order valence-corrected chi connectivity index (χ2v) is 3.60. The predicted molar refractivity (Wildman–Crippen MR) is 54.5 cm³/mol. The van der Waals surface area contributed by atoms with Gasteiger partial charge in [-0.05, 0) is 30.2 Å². The molecule has 0 spiro atoms. The lowest BCUT2D eigenvalue weighted by atomic mass is 9.98. The van der Waals surface area contributed by atoms with Crippen LogP contribution in [-0.2, 0) is 4.79 Å². The van der Waals surface area contributed by atoms with E-state index < -0.39 is 0 Å². The Balaban J connectivity index is 2.56. The van der Waals surface area contributed by atoms with Gasteiger partial charge in [-0.1, -0.05) is 6.92 Å². The Morgan fingerprint density at radius 3 is 2.86 bits per heavy atom. The molecule has 0 radical (unpaired) electrons. The van der Waals surface area contributed by atoms with E-state index in [4.69, 9.17) is 0 Å². The Morgan fingerprint density at radius 1 is 1.50 bits per heavy atom. The molecule has 1 N–H and O–H groups in total. The van der Waals surface area contributed by atoms with Crippen molar-refractivity contribution in [1.82, 2.24) is 0 Å². The van der Waals surface area contributed by atoms with Gasteiger partial charge in [-0.2, -0.15) is 0 Å². The molecule has 1 aromatic carbocycles. The number of carbonyl (C=O) groups is 1. The second-order valence-electron chi connectivity index (χ2n) is 3.60. The van der Waals surface area contributed by atoms with Gasteiger partial charge in [-0.25, -0.2) is 0 Å². The van der Waals surface area contributed by atoms with Crippen molar-refractivity contribution in [2.24, 2.45) is 0 Å². The first-order valence-electron chi connectivity index (χ1n) is 4.75. The summed E-state index contributed by atoms with van der Waals surface area (Å²) in [7, 11) is 1.77. The Kier molecular flexibility index (Phi) is 1.95. The quantitative estimate of drug-likeness (QED) is 0.736. The SMILES string of the molecule is CC[C@@H]1C(=O)N(C)c2ccc(O)cc21. The van der Waals surface area contributed by atoms with Crippen molar-refractivity contribution in [2.75, 3.05) is 11.9 Å². The van der Waals surface area contributed by atoms with Crippen molar-refractivity contribution < 1.29 is 9.90 Å². The topological polar surface area (TPSA) is 40.5 Å². The summed E-state index contributed by atoms with van der Waals surface area (Å²) in [6.45, 7) is 1.98. The molecule has 0 aliphatic carbocycles. The summed E-state index contributed by atoms with van der Waals surface area (Å²) in [5, 5.41) is 9.35. The number of anilines is 1. The van der Waals surface area contributed by atoms with Crippen LogP contribution in [0.2, 0.25) is 0 Å². The van der Waals surface area contributed by atoms with E-state index in [-0.39, 0.29) is 17.6 Å². The summed E-state index contributed by atoms with van der Waals surface area (Å²) < 4.78 is 0. The van der Waals surface area contributed by atoms with E-state index in [9.17, 15) is 9.90 Å². The molecular weight excluding hydrogens is 178 g/mol. The number of phenols is 1. The lowest BCUT2D eigenvalue weighted by Gasteiger charge is -2.09. The first-order chi connectivity index (χ1) is 6.65. The number of hydrogen-bond acceptors (Lipinski definition) is 2. The zero-order valence-electron chi connectivity index (χ0n) is 8.32. The van der Waals surface area contributed by atoms with Crippen molar-refractivity contribution in [3.63, 3.8) is 0 Å². The van der Waals surface area contributed by atoms with Gasteiger partial charge in [-0.15, -0.1) is 0 Å². The number of amides is 1. The third kappa shape index (κ3) is 1.09. The maximum absolute atomic E-state index is 11.7. The molecule has 0 fully saturated rings. The van der Waals surface area contributed by atoms with Crippen LogP contribution in [0.25, 0.3) is 0 Å². The van der Waals surface area contributed by atoms with Crippen molar-refractivity contribution in [1.29, 1.82) is 0 Å². The number of nitrogens with zero attached hydrogens (tertiary/aromatic N) is 1. The Bertz CT molecular complexity index is 387. The molecule has 3 heteroatoms. The number of carbonyl (C=O) groups excluding carboxylic acids is 1. The van der Waals surface area contributed by atoms with E-state index in [2.05, 4.69) is 0 Å². The number of rotatable bonds is 1. The lowest BCUT2D eigenvalue weighted by Crippen LogP contribution is -2.23. The molecule has 0 unspecified atom stereocenters. The van der Waals surface area contributed by atoms with Gasteiger partial charge in [0.25, 0.3) is 0 Å². The van der Waals surface area contributed by atoms with Gasteiger partial charge < -0.3 is 10.0 Å². The van der Waals surface area contributed by atoms with Crippen molar-refractivity contribution in [3.8, 4) is 5.75 Å². The Morgan fingerprint density at radius 2 is 2.21 bits per heavy atom. The molecule has 74 valence electrons. The molecule has 3 nitrogen and oxygen atoms in total.